The maximum absolute atomic E-state index is 12.3. The molecule has 0 spiro atoms. The lowest BCUT2D eigenvalue weighted by molar-refractivity contribution is -0.139. The molecule has 110 valence electrons. The van der Waals surface area contributed by atoms with Crippen LogP contribution in [0.2, 0.25) is 0 Å². The SMILES string of the molecule is CCCCCCCCCCC(C)(I)CC(F)(F)F. The van der Waals surface area contributed by atoms with E-state index >= 15 is 0 Å². The Labute approximate surface area is 123 Å². The average Bonchev–Trinajstić information content (AvgIpc) is 2.18. The number of halogens is 4. The summed E-state index contributed by atoms with van der Waals surface area (Å²) in [6, 6.07) is 0. The lowest BCUT2D eigenvalue weighted by atomic mass is 9.98. The zero-order valence-electron chi connectivity index (χ0n) is 11.6. The van der Waals surface area contributed by atoms with E-state index < -0.39 is 16.0 Å². The summed E-state index contributed by atoms with van der Waals surface area (Å²) >= 11 is 1.96. The van der Waals surface area contributed by atoms with Crippen LogP contribution in [0.15, 0.2) is 0 Å². The minimum absolute atomic E-state index is 0.627. The largest absolute Gasteiger partial charge is 0.390 e. The van der Waals surface area contributed by atoms with Crippen molar-refractivity contribution in [2.24, 2.45) is 0 Å². The Kier molecular flexibility index (Phi) is 9.70. The van der Waals surface area contributed by atoms with Gasteiger partial charge in [0.1, 0.15) is 0 Å². The zero-order valence-corrected chi connectivity index (χ0v) is 13.7. The summed E-state index contributed by atoms with van der Waals surface area (Å²) in [5, 5.41) is 0. The average molecular weight is 378 g/mol. The molecular formula is C14H26F3I. The number of alkyl halides is 4. The Morgan fingerprint density at radius 2 is 1.28 bits per heavy atom. The van der Waals surface area contributed by atoms with Gasteiger partial charge in [0.05, 0.1) is 6.42 Å². The Hall–Kier alpha value is 0.520. The molecule has 0 aromatic rings. The molecule has 0 aliphatic heterocycles. The standard InChI is InChI=1S/C14H26F3I/c1-3-4-5-6-7-8-9-10-11-13(2,18)12-14(15,16)17/h3-12H2,1-2H3. The van der Waals surface area contributed by atoms with Gasteiger partial charge >= 0.3 is 6.18 Å². The maximum atomic E-state index is 12.3. The molecule has 0 aromatic carbocycles. The van der Waals surface area contributed by atoms with Crippen LogP contribution in [-0.2, 0) is 0 Å². The Morgan fingerprint density at radius 3 is 1.72 bits per heavy atom. The van der Waals surface area contributed by atoms with Crippen molar-refractivity contribution >= 4 is 22.6 Å². The quantitative estimate of drug-likeness (QED) is 0.226. The smallest absolute Gasteiger partial charge is 0.171 e. The van der Waals surface area contributed by atoms with Crippen molar-refractivity contribution in [2.75, 3.05) is 0 Å². The van der Waals surface area contributed by atoms with Crippen LogP contribution in [0.4, 0.5) is 13.2 Å². The van der Waals surface area contributed by atoms with Gasteiger partial charge in [0.2, 0.25) is 0 Å². The predicted octanol–water partition coefficient (Wildman–Crippen LogP) is 6.66. The summed E-state index contributed by atoms with van der Waals surface area (Å²) in [6.07, 6.45) is 5.50. The van der Waals surface area contributed by atoms with Crippen molar-refractivity contribution < 1.29 is 13.2 Å². The fraction of sp³-hybridized carbons (Fsp3) is 1.00. The molecule has 0 bridgehead atoms. The molecule has 0 radical (unpaired) electrons. The highest BCUT2D eigenvalue weighted by molar-refractivity contribution is 14.1. The van der Waals surface area contributed by atoms with E-state index in [0.717, 1.165) is 12.8 Å². The van der Waals surface area contributed by atoms with Crippen molar-refractivity contribution in [3.63, 3.8) is 0 Å². The second-order valence-corrected chi connectivity index (χ2v) is 8.03. The van der Waals surface area contributed by atoms with Gasteiger partial charge in [-0.3, -0.25) is 0 Å². The molecule has 0 fully saturated rings. The lowest BCUT2D eigenvalue weighted by Gasteiger charge is -2.23. The first-order chi connectivity index (χ1) is 8.27. The second-order valence-electron chi connectivity index (χ2n) is 5.43. The van der Waals surface area contributed by atoms with E-state index in [1.54, 1.807) is 6.92 Å². The van der Waals surface area contributed by atoms with Crippen LogP contribution in [-0.4, -0.2) is 9.60 Å². The van der Waals surface area contributed by atoms with Gasteiger partial charge in [0.15, 0.2) is 0 Å². The van der Waals surface area contributed by atoms with Crippen LogP contribution in [0.5, 0.6) is 0 Å². The lowest BCUT2D eigenvalue weighted by Crippen LogP contribution is -2.25. The van der Waals surface area contributed by atoms with Crippen LogP contribution in [0, 0.1) is 0 Å². The van der Waals surface area contributed by atoms with Crippen molar-refractivity contribution in [3.8, 4) is 0 Å². The molecule has 4 heteroatoms. The Bertz CT molecular complexity index is 200. The van der Waals surface area contributed by atoms with E-state index in [2.05, 4.69) is 6.92 Å². The van der Waals surface area contributed by atoms with E-state index in [-0.39, 0.29) is 0 Å². The van der Waals surface area contributed by atoms with Crippen LogP contribution >= 0.6 is 22.6 Å². The summed E-state index contributed by atoms with van der Waals surface area (Å²) in [7, 11) is 0. The van der Waals surface area contributed by atoms with Crippen LogP contribution in [0.25, 0.3) is 0 Å². The first kappa shape index (κ1) is 18.5. The highest BCUT2D eigenvalue weighted by atomic mass is 127. The molecule has 1 unspecified atom stereocenters. The fourth-order valence-corrected chi connectivity index (χ4v) is 2.95. The summed E-state index contributed by atoms with van der Waals surface area (Å²) in [5.74, 6) is 0. The molecule has 0 N–H and O–H groups in total. The molecule has 0 aliphatic rings. The number of hydrogen-bond donors (Lipinski definition) is 0. The molecule has 1 atom stereocenters. The third-order valence-electron chi connectivity index (χ3n) is 3.12. The predicted molar refractivity (Wildman–Crippen MR) is 80.3 cm³/mol. The van der Waals surface area contributed by atoms with Gasteiger partial charge in [0.25, 0.3) is 0 Å². The molecule has 18 heavy (non-hydrogen) atoms. The highest BCUT2D eigenvalue weighted by Crippen LogP contribution is 2.37. The first-order valence-electron chi connectivity index (χ1n) is 7.02. The molecule has 0 rings (SSSR count). The van der Waals surface area contributed by atoms with Crippen LogP contribution in [0.1, 0.15) is 78.1 Å². The number of hydrogen-bond acceptors (Lipinski definition) is 0. The van der Waals surface area contributed by atoms with Crippen molar-refractivity contribution in [3.05, 3.63) is 0 Å². The summed E-state index contributed by atoms with van der Waals surface area (Å²) in [5.41, 5.74) is 0. The van der Waals surface area contributed by atoms with Gasteiger partial charge in [-0.15, -0.1) is 0 Å². The molecule has 0 heterocycles. The summed E-state index contributed by atoms with van der Waals surface area (Å²) < 4.78 is 36.3. The zero-order chi connectivity index (χ0) is 14.1. The van der Waals surface area contributed by atoms with Crippen molar-refractivity contribution in [2.45, 2.75) is 87.7 Å². The second kappa shape index (κ2) is 9.43. The van der Waals surface area contributed by atoms with Crippen LogP contribution < -0.4 is 0 Å². The molecule has 0 amide bonds. The van der Waals surface area contributed by atoms with E-state index in [1.165, 1.54) is 38.5 Å². The van der Waals surface area contributed by atoms with Gasteiger partial charge in [-0.25, -0.2) is 0 Å². The minimum atomic E-state index is -4.03. The van der Waals surface area contributed by atoms with E-state index in [1.807, 2.05) is 22.6 Å². The van der Waals surface area contributed by atoms with E-state index in [9.17, 15) is 13.2 Å². The molecular weight excluding hydrogens is 352 g/mol. The van der Waals surface area contributed by atoms with Gasteiger partial charge in [-0.05, 0) is 6.42 Å². The third-order valence-corrected chi connectivity index (χ3v) is 4.04. The van der Waals surface area contributed by atoms with E-state index in [4.69, 9.17) is 0 Å². The topological polar surface area (TPSA) is 0 Å². The molecule has 0 saturated carbocycles. The maximum Gasteiger partial charge on any atom is 0.390 e. The summed E-state index contributed by atoms with van der Waals surface area (Å²) in [6.45, 7) is 3.91. The van der Waals surface area contributed by atoms with Crippen LogP contribution in [0.3, 0.4) is 0 Å². The van der Waals surface area contributed by atoms with E-state index in [0.29, 0.717) is 6.42 Å². The number of unbranched alkanes of at least 4 members (excludes halogenated alkanes) is 7. The first-order valence-corrected chi connectivity index (χ1v) is 8.10. The van der Waals surface area contributed by atoms with Gasteiger partial charge in [-0.2, -0.15) is 13.2 Å². The third kappa shape index (κ3) is 13.0. The van der Waals surface area contributed by atoms with Crippen molar-refractivity contribution in [1.29, 1.82) is 0 Å². The highest BCUT2D eigenvalue weighted by Gasteiger charge is 2.37. The monoisotopic (exact) mass is 378 g/mol. The van der Waals surface area contributed by atoms with Gasteiger partial charge in [-0.1, -0.05) is 87.8 Å². The minimum Gasteiger partial charge on any atom is -0.171 e. The molecule has 0 aliphatic carbocycles. The Morgan fingerprint density at radius 1 is 0.833 bits per heavy atom. The normalized spacial score (nSPS) is 15.7. The fourth-order valence-electron chi connectivity index (χ4n) is 2.13. The molecule has 0 saturated heterocycles. The van der Waals surface area contributed by atoms with Gasteiger partial charge in [0, 0.05) is 3.42 Å². The van der Waals surface area contributed by atoms with Gasteiger partial charge < -0.3 is 0 Å². The Balaban J connectivity index is 3.47. The summed E-state index contributed by atoms with van der Waals surface area (Å²) in [4.78, 5) is 0. The molecule has 0 aromatic heterocycles. The van der Waals surface area contributed by atoms with Crippen molar-refractivity contribution in [1.82, 2.24) is 0 Å². The molecule has 0 nitrogen and oxygen atoms in total. The number of rotatable bonds is 10.